The molecule has 0 aliphatic carbocycles. The molecule has 3 heterocycles. The predicted molar refractivity (Wildman–Crippen MR) is 137 cm³/mol. The molecule has 2 aromatic carbocycles. The molecule has 5 rings (SSSR count). The highest BCUT2D eigenvalue weighted by Gasteiger charge is 2.35. The van der Waals surface area contributed by atoms with Crippen molar-refractivity contribution in [1.29, 1.82) is 0 Å². The summed E-state index contributed by atoms with van der Waals surface area (Å²) >= 11 is 6.06. The average Bonchev–Trinajstić information content (AvgIpc) is 3.49. The summed E-state index contributed by atoms with van der Waals surface area (Å²) in [5.74, 6) is -0.215. The number of rotatable bonds is 7. The van der Waals surface area contributed by atoms with Crippen LogP contribution >= 0.6 is 11.6 Å². The minimum absolute atomic E-state index is 0.0481. The number of halogens is 1. The van der Waals surface area contributed by atoms with E-state index in [1.807, 2.05) is 30.3 Å². The molecule has 3 N–H and O–H groups in total. The van der Waals surface area contributed by atoms with Crippen LogP contribution in [0.15, 0.2) is 66.2 Å². The molecule has 0 saturated heterocycles. The molecule has 190 valence electrons. The number of fused-ring (bicyclic) bond motifs is 3. The summed E-state index contributed by atoms with van der Waals surface area (Å²) in [5, 5.41) is 11.7. The minimum atomic E-state index is -4.44. The van der Waals surface area contributed by atoms with Gasteiger partial charge in [-0.15, -0.1) is 10.2 Å². The van der Waals surface area contributed by atoms with Crippen molar-refractivity contribution >= 4 is 33.3 Å². The lowest BCUT2D eigenvalue weighted by molar-refractivity contribution is -0.118. The van der Waals surface area contributed by atoms with Gasteiger partial charge in [-0.05, 0) is 42.3 Å². The number of carbonyl (C=O) groups is 1. The van der Waals surface area contributed by atoms with Gasteiger partial charge in [0.25, 0.3) is 10.1 Å². The molecule has 2 aromatic heterocycles. The molecule has 37 heavy (non-hydrogen) atoms. The molecule has 13 heteroatoms. The first-order valence-corrected chi connectivity index (χ1v) is 13.1. The second-order valence-electron chi connectivity index (χ2n) is 8.73. The fraction of sp³-hybridized carbons (Fsp3) is 0.208. The third-order valence-electron chi connectivity index (χ3n) is 6.18. The van der Waals surface area contributed by atoms with Crippen LogP contribution in [0.4, 0.5) is 0 Å². The maximum atomic E-state index is 12.1. The van der Waals surface area contributed by atoms with Gasteiger partial charge in [-0.25, -0.2) is 0 Å². The third-order valence-corrected chi connectivity index (χ3v) is 7.63. The maximum absolute atomic E-state index is 12.1. The Morgan fingerprint density at radius 1 is 1.19 bits per heavy atom. The second kappa shape index (κ2) is 9.54. The summed E-state index contributed by atoms with van der Waals surface area (Å²) in [5.41, 5.74) is 9.76. The van der Waals surface area contributed by atoms with Crippen molar-refractivity contribution in [3.8, 4) is 16.8 Å². The van der Waals surface area contributed by atoms with Crippen molar-refractivity contribution in [3.63, 3.8) is 0 Å². The van der Waals surface area contributed by atoms with Crippen LogP contribution < -0.4 is 5.73 Å². The Morgan fingerprint density at radius 2 is 1.95 bits per heavy atom. The van der Waals surface area contributed by atoms with Gasteiger partial charge < -0.3 is 5.73 Å². The first-order chi connectivity index (χ1) is 17.6. The number of nitrogens with zero attached hydrogens (tertiary/aromatic N) is 6. The average molecular weight is 540 g/mol. The number of primary amides is 1. The predicted octanol–water partition coefficient (Wildman–Crippen LogP) is 2.63. The number of hydrogen-bond acceptors (Lipinski definition) is 7. The van der Waals surface area contributed by atoms with Crippen LogP contribution in [-0.4, -0.2) is 54.4 Å². The molecule has 0 fully saturated rings. The maximum Gasteiger partial charge on any atom is 0.270 e. The Morgan fingerprint density at radius 3 is 2.65 bits per heavy atom. The van der Waals surface area contributed by atoms with Crippen LogP contribution in [0.5, 0.6) is 0 Å². The minimum Gasteiger partial charge on any atom is -0.368 e. The fourth-order valence-electron chi connectivity index (χ4n) is 4.26. The van der Waals surface area contributed by atoms with Crippen LogP contribution in [0.1, 0.15) is 29.9 Å². The number of aliphatic imine (C=N–C) groups is 1. The highest BCUT2D eigenvalue weighted by Crippen LogP contribution is 2.34. The van der Waals surface area contributed by atoms with E-state index in [1.54, 1.807) is 29.1 Å². The molecule has 0 radical (unpaired) electrons. The lowest BCUT2D eigenvalue weighted by atomic mass is 9.97. The van der Waals surface area contributed by atoms with Gasteiger partial charge in [-0.2, -0.15) is 13.5 Å². The summed E-state index contributed by atoms with van der Waals surface area (Å²) < 4.78 is 37.3. The molecule has 1 unspecified atom stereocenters. The largest absolute Gasteiger partial charge is 0.368 e. The van der Waals surface area contributed by atoms with Gasteiger partial charge >= 0.3 is 0 Å². The Hall–Kier alpha value is -3.87. The topological polar surface area (TPSA) is 158 Å². The normalized spacial score (nSPS) is 15.9. The monoisotopic (exact) mass is 539 g/mol. The Labute approximate surface area is 217 Å². The Balaban J connectivity index is 1.68. The van der Waals surface area contributed by atoms with Gasteiger partial charge in [0.2, 0.25) is 5.91 Å². The molecule has 0 spiro atoms. The van der Waals surface area contributed by atoms with Crippen LogP contribution in [0.25, 0.3) is 16.8 Å². The van der Waals surface area contributed by atoms with E-state index in [9.17, 15) is 17.8 Å². The summed E-state index contributed by atoms with van der Waals surface area (Å²) in [4.78, 5) is 16.1. The van der Waals surface area contributed by atoms with Crippen LogP contribution in [0.2, 0.25) is 5.02 Å². The van der Waals surface area contributed by atoms with E-state index in [1.165, 1.54) is 17.9 Å². The van der Waals surface area contributed by atoms with Crippen molar-refractivity contribution in [2.75, 3.05) is 0 Å². The Bertz CT molecular complexity index is 1630. The zero-order valence-corrected chi connectivity index (χ0v) is 21.1. The van der Waals surface area contributed by atoms with Crippen molar-refractivity contribution in [1.82, 2.24) is 24.5 Å². The van der Waals surface area contributed by atoms with Gasteiger partial charge in [0.1, 0.15) is 24.2 Å². The molecule has 1 amide bonds. The second-order valence-corrected chi connectivity index (χ2v) is 10.9. The lowest BCUT2D eigenvalue weighted by Gasteiger charge is -2.17. The number of benzene rings is 2. The number of carbonyl (C=O) groups excluding carboxylic acids is 1. The van der Waals surface area contributed by atoms with E-state index in [0.29, 0.717) is 28.7 Å². The van der Waals surface area contributed by atoms with E-state index in [4.69, 9.17) is 22.3 Å². The highest BCUT2D eigenvalue weighted by molar-refractivity contribution is 7.86. The van der Waals surface area contributed by atoms with Gasteiger partial charge in [0.15, 0.2) is 5.82 Å². The first kappa shape index (κ1) is 24.8. The standard InChI is InChI=1S/C24H22ClN7O4S/c1-14(37(34,35)36)23-24-30-27-13-32(24)21-7-4-16(17-10-28-31(11-17)12-22(26)33)9-19(21)20(29-23)8-15-2-5-18(25)6-3-15/h2-7,9-11,13-14,23H,8,12H2,1H3,(H2,26,33)(H,34,35,36)/t14-,23?/m1/s1. The zero-order valence-electron chi connectivity index (χ0n) is 19.6. The molecule has 11 nitrogen and oxygen atoms in total. The molecule has 0 saturated carbocycles. The summed E-state index contributed by atoms with van der Waals surface area (Å²) in [6.07, 6.45) is 5.20. The lowest BCUT2D eigenvalue weighted by Crippen LogP contribution is -2.26. The van der Waals surface area contributed by atoms with E-state index in [0.717, 1.165) is 22.3 Å². The summed E-state index contributed by atoms with van der Waals surface area (Å²) in [6, 6.07) is 11.9. The molecular formula is C24H22ClN7O4S. The van der Waals surface area contributed by atoms with E-state index >= 15 is 0 Å². The van der Waals surface area contributed by atoms with Crippen molar-refractivity contribution in [2.45, 2.75) is 31.2 Å². The SMILES string of the molecule is C[C@H](C1N=C(Cc2ccc(Cl)cc2)c2cc(-c3cnn(CC(N)=O)c3)ccc2-n2cnnc21)S(=O)(=O)O. The van der Waals surface area contributed by atoms with E-state index < -0.39 is 27.3 Å². The molecule has 2 atom stereocenters. The Kier molecular flexibility index (Phi) is 6.40. The van der Waals surface area contributed by atoms with Crippen molar-refractivity contribution < 1.29 is 17.8 Å². The summed E-state index contributed by atoms with van der Waals surface area (Å²) in [6.45, 7) is 1.34. The van der Waals surface area contributed by atoms with E-state index in [-0.39, 0.29) is 6.54 Å². The highest BCUT2D eigenvalue weighted by atomic mass is 35.5. The van der Waals surface area contributed by atoms with Crippen molar-refractivity contribution in [2.24, 2.45) is 10.7 Å². The smallest absolute Gasteiger partial charge is 0.270 e. The van der Waals surface area contributed by atoms with Gasteiger partial charge in [-0.3, -0.25) is 23.6 Å². The number of aromatic nitrogens is 5. The van der Waals surface area contributed by atoms with Crippen LogP contribution in [0, 0.1) is 0 Å². The van der Waals surface area contributed by atoms with Crippen LogP contribution in [0.3, 0.4) is 0 Å². The third kappa shape index (κ3) is 5.03. The van der Waals surface area contributed by atoms with E-state index in [2.05, 4.69) is 15.3 Å². The number of nitrogens with two attached hydrogens (primary N) is 1. The van der Waals surface area contributed by atoms with Crippen molar-refractivity contribution in [3.05, 3.63) is 83.2 Å². The molecule has 4 aromatic rings. The summed E-state index contributed by atoms with van der Waals surface area (Å²) in [7, 11) is -4.44. The molecule has 0 bridgehead atoms. The fourth-order valence-corrected chi connectivity index (χ4v) is 4.89. The zero-order chi connectivity index (χ0) is 26.3. The number of hydrogen-bond donors (Lipinski definition) is 2. The first-order valence-electron chi connectivity index (χ1n) is 11.2. The molecular weight excluding hydrogens is 518 g/mol. The molecule has 1 aliphatic rings. The molecule has 1 aliphatic heterocycles. The van der Waals surface area contributed by atoms with Gasteiger partial charge in [0.05, 0.1) is 11.9 Å². The van der Waals surface area contributed by atoms with Crippen LogP contribution in [-0.2, 0) is 27.9 Å². The van der Waals surface area contributed by atoms with Gasteiger partial charge in [0, 0.05) is 34.5 Å². The van der Waals surface area contributed by atoms with Gasteiger partial charge in [-0.1, -0.05) is 29.8 Å². The quantitative estimate of drug-likeness (QED) is 0.341. The number of amides is 1.